The Morgan fingerprint density at radius 3 is 2.49 bits per heavy atom. The Hall–Kier alpha value is -2.60. The number of hydrogen-bond donors (Lipinski definition) is 0. The average molecular weight is 628 g/mol. The summed E-state index contributed by atoms with van der Waals surface area (Å²) in [7, 11) is 1.56. The highest BCUT2D eigenvalue weighted by Crippen LogP contribution is 2.47. The van der Waals surface area contributed by atoms with Crippen molar-refractivity contribution in [1.29, 1.82) is 0 Å². The van der Waals surface area contributed by atoms with E-state index in [1.54, 1.807) is 18.1 Å². The normalized spacial score (nSPS) is 19.4. The van der Waals surface area contributed by atoms with Gasteiger partial charge in [-0.1, -0.05) is 23.2 Å². The molecule has 2 aromatic carbocycles. The van der Waals surface area contributed by atoms with E-state index in [-0.39, 0.29) is 34.3 Å². The lowest BCUT2D eigenvalue weighted by Gasteiger charge is -2.41. The number of anilines is 1. The van der Waals surface area contributed by atoms with Crippen molar-refractivity contribution < 1.29 is 23.0 Å². The number of halogens is 4. The number of methoxy groups -OCH3 is 1. The van der Waals surface area contributed by atoms with Gasteiger partial charge in [0.25, 0.3) is 0 Å². The first kappa shape index (κ1) is 29.9. The third kappa shape index (κ3) is 5.74. The summed E-state index contributed by atoms with van der Waals surface area (Å²) in [6, 6.07) is 3.38. The van der Waals surface area contributed by atoms with Crippen molar-refractivity contribution in [2.24, 2.45) is 0 Å². The second-order valence-electron chi connectivity index (χ2n) is 11.2. The van der Waals surface area contributed by atoms with E-state index in [4.69, 9.17) is 32.7 Å². The van der Waals surface area contributed by atoms with E-state index >= 15 is 4.39 Å². The zero-order valence-electron chi connectivity index (χ0n) is 23.3. The number of aromatic nitrogens is 2. The molecule has 3 heterocycles. The first-order chi connectivity index (χ1) is 19.3. The van der Waals surface area contributed by atoms with E-state index in [9.17, 15) is 14.0 Å². The van der Waals surface area contributed by atoms with Crippen LogP contribution in [0.5, 0.6) is 0 Å². The van der Waals surface area contributed by atoms with E-state index in [2.05, 4.69) is 4.98 Å². The third-order valence-electron chi connectivity index (χ3n) is 7.11. The minimum absolute atomic E-state index is 0.0263. The van der Waals surface area contributed by atoms with Crippen molar-refractivity contribution >= 4 is 57.8 Å². The van der Waals surface area contributed by atoms with E-state index in [0.29, 0.717) is 52.6 Å². The number of benzene rings is 2. The number of rotatable bonds is 3. The van der Waals surface area contributed by atoms with Gasteiger partial charge in [-0.15, -0.1) is 11.8 Å². The fraction of sp³-hybridized carbons (Fsp3) is 0.464. The molecule has 220 valence electrons. The summed E-state index contributed by atoms with van der Waals surface area (Å²) in [6.07, 6.45) is -0.731. The quantitative estimate of drug-likeness (QED) is 0.320. The molecular weight excluding hydrogens is 597 g/mol. The Kier molecular flexibility index (Phi) is 8.19. The van der Waals surface area contributed by atoms with Crippen molar-refractivity contribution in [2.45, 2.75) is 56.9 Å². The number of carbonyl (C=O) groups is 1. The molecule has 1 aromatic heterocycles. The van der Waals surface area contributed by atoms with Crippen molar-refractivity contribution in [3.05, 3.63) is 50.4 Å². The van der Waals surface area contributed by atoms with Gasteiger partial charge in [-0.2, -0.15) is 4.98 Å². The lowest BCUT2D eigenvalue weighted by molar-refractivity contribution is 0.0218. The maximum absolute atomic E-state index is 15.2. The highest BCUT2D eigenvalue weighted by molar-refractivity contribution is 7.99. The van der Waals surface area contributed by atoms with E-state index < -0.39 is 29.0 Å². The predicted octanol–water partition coefficient (Wildman–Crippen LogP) is 6.21. The summed E-state index contributed by atoms with van der Waals surface area (Å²) in [4.78, 5) is 34.9. The Bertz CT molecular complexity index is 1600. The largest absolute Gasteiger partial charge is 0.444 e. The summed E-state index contributed by atoms with van der Waals surface area (Å²) >= 11 is 14.3. The van der Waals surface area contributed by atoms with Crippen LogP contribution >= 0.6 is 35.0 Å². The Balaban J connectivity index is 1.67. The van der Waals surface area contributed by atoms with E-state index in [1.165, 1.54) is 22.4 Å². The fourth-order valence-electron chi connectivity index (χ4n) is 5.20. The first-order valence-electron chi connectivity index (χ1n) is 13.1. The van der Waals surface area contributed by atoms with Gasteiger partial charge in [-0.3, -0.25) is 4.57 Å². The second kappa shape index (κ2) is 11.2. The van der Waals surface area contributed by atoms with Gasteiger partial charge in [0.05, 0.1) is 28.2 Å². The van der Waals surface area contributed by atoms with Gasteiger partial charge in [0.2, 0.25) is 0 Å². The predicted molar refractivity (Wildman–Crippen MR) is 158 cm³/mol. The molecule has 0 bridgehead atoms. The summed E-state index contributed by atoms with van der Waals surface area (Å²) in [5, 5.41) is 0.553. The highest BCUT2D eigenvalue weighted by atomic mass is 35.5. The molecule has 41 heavy (non-hydrogen) atoms. The molecule has 1 amide bonds. The first-order valence-corrected chi connectivity index (χ1v) is 14.8. The molecule has 0 radical (unpaired) electrons. The lowest BCUT2D eigenvalue weighted by Crippen LogP contribution is -2.55. The van der Waals surface area contributed by atoms with Crippen LogP contribution in [0.2, 0.25) is 10.0 Å². The number of nitrogens with zero attached hydrogens (tertiary/aromatic N) is 4. The monoisotopic (exact) mass is 626 g/mol. The standard InChI is InChI=1S/C28H30Cl2F2N4O4S/c1-14-11-34(27(38)40-28(2,3)4)6-7-35(14)25-17-9-19(30)22(16-8-18(29)21(32)10-20(16)31)24-23(17)36(26(37)33-25)12-15(39-5)13-41-24/h8-10,14-15H,6-7,11-13H2,1-5H3. The second-order valence-corrected chi connectivity index (χ2v) is 13.0. The zero-order valence-corrected chi connectivity index (χ0v) is 25.6. The van der Waals surface area contributed by atoms with Gasteiger partial charge in [0.1, 0.15) is 23.1 Å². The van der Waals surface area contributed by atoms with Crippen LogP contribution < -0.4 is 10.6 Å². The summed E-state index contributed by atoms with van der Waals surface area (Å²) in [5.41, 5.74) is -0.244. The van der Waals surface area contributed by atoms with Gasteiger partial charge in [-0.25, -0.2) is 18.4 Å². The number of amides is 1. The molecule has 13 heteroatoms. The average Bonchev–Trinajstić information content (AvgIpc) is 3.08. The molecule has 1 saturated heterocycles. The van der Waals surface area contributed by atoms with Crippen LogP contribution in [0, 0.1) is 11.6 Å². The SMILES string of the molecule is COC1CSc2c(-c3cc(Cl)c(F)cc3F)c(Cl)cc3c(N4CCN(C(=O)OC(C)(C)C)CC4C)nc(=O)n(c23)C1. The minimum Gasteiger partial charge on any atom is -0.444 e. The zero-order chi connectivity index (χ0) is 29.8. The van der Waals surface area contributed by atoms with Gasteiger partial charge in [0.15, 0.2) is 0 Å². The molecule has 2 aliphatic heterocycles. The van der Waals surface area contributed by atoms with Crippen LogP contribution in [0.3, 0.4) is 0 Å². The molecule has 2 atom stereocenters. The van der Waals surface area contributed by atoms with Crippen LogP contribution in [-0.4, -0.2) is 70.8 Å². The molecule has 1 fully saturated rings. The molecule has 0 saturated carbocycles. The summed E-state index contributed by atoms with van der Waals surface area (Å²) in [6.45, 7) is 8.74. The highest BCUT2D eigenvalue weighted by Gasteiger charge is 2.34. The van der Waals surface area contributed by atoms with Crippen molar-refractivity contribution in [3.63, 3.8) is 0 Å². The molecule has 0 N–H and O–H groups in total. The van der Waals surface area contributed by atoms with Crippen LogP contribution in [-0.2, 0) is 16.0 Å². The molecular formula is C28H30Cl2F2N4O4S. The van der Waals surface area contributed by atoms with Crippen molar-refractivity contribution in [3.8, 4) is 11.1 Å². The van der Waals surface area contributed by atoms with Gasteiger partial charge in [0, 0.05) is 66.0 Å². The molecule has 2 unspecified atom stereocenters. The summed E-state index contributed by atoms with van der Waals surface area (Å²) in [5.74, 6) is -0.837. The van der Waals surface area contributed by atoms with Gasteiger partial charge < -0.3 is 19.3 Å². The lowest BCUT2D eigenvalue weighted by atomic mass is 10.0. The van der Waals surface area contributed by atoms with E-state index in [0.717, 1.165) is 6.07 Å². The van der Waals surface area contributed by atoms with E-state index in [1.807, 2.05) is 32.6 Å². The number of ether oxygens (including phenoxy) is 2. The number of thioether (sulfide) groups is 1. The number of piperazine rings is 1. The smallest absolute Gasteiger partial charge is 0.410 e. The summed E-state index contributed by atoms with van der Waals surface area (Å²) < 4.78 is 41.9. The topological polar surface area (TPSA) is 76.9 Å². The molecule has 3 aromatic rings. The van der Waals surface area contributed by atoms with Crippen LogP contribution in [0.4, 0.5) is 19.4 Å². The Labute approximate surface area is 250 Å². The number of hydrogen-bond acceptors (Lipinski definition) is 7. The minimum atomic E-state index is -0.884. The maximum atomic E-state index is 15.2. The Morgan fingerprint density at radius 2 is 1.83 bits per heavy atom. The molecule has 5 rings (SSSR count). The molecule has 2 aliphatic rings. The van der Waals surface area contributed by atoms with Gasteiger partial charge in [-0.05, 0) is 39.8 Å². The number of carbonyl (C=O) groups excluding carboxylic acids is 1. The van der Waals surface area contributed by atoms with Crippen LogP contribution in [0.25, 0.3) is 22.0 Å². The molecule has 0 aliphatic carbocycles. The van der Waals surface area contributed by atoms with Crippen molar-refractivity contribution in [1.82, 2.24) is 14.5 Å². The van der Waals surface area contributed by atoms with Crippen LogP contribution in [0.15, 0.2) is 27.9 Å². The fourth-order valence-corrected chi connectivity index (χ4v) is 7.04. The third-order valence-corrected chi connectivity index (χ3v) is 8.93. The van der Waals surface area contributed by atoms with Crippen molar-refractivity contribution in [2.75, 3.05) is 37.4 Å². The molecule has 8 nitrogen and oxygen atoms in total. The Morgan fingerprint density at radius 1 is 1.10 bits per heavy atom. The van der Waals surface area contributed by atoms with Crippen LogP contribution in [0.1, 0.15) is 27.7 Å². The van der Waals surface area contributed by atoms with Gasteiger partial charge >= 0.3 is 11.8 Å². The maximum Gasteiger partial charge on any atom is 0.410 e. The molecule has 0 spiro atoms.